The molecule has 0 saturated carbocycles. The number of hydrogen-bond acceptors (Lipinski definition) is 4. The monoisotopic (exact) mass is 319 g/mol. The largest absolute Gasteiger partial charge is 0.369 e. The third kappa shape index (κ3) is 3.36. The number of amides is 1. The highest BCUT2D eigenvalue weighted by atomic mass is 32.2. The lowest BCUT2D eigenvalue weighted by atomic mass is 10.2. The van der Waals surface area contributed by atoms with Crippen LogP contribution in [-0.4, -0.2) is 44.3 Å². The minimum Gasteiger partial charge on any atom is -0.369 e. The van der Waals surface area contributed by atoms with Crippen molar-refractivity contribution < 1.29 is 22.0 Å². The van der Waals surface area contributed by atoms with Crippen molar-refractivity contribution in [1.82, 2.24) is 9.62 Å². The van der Waals surface area contributed by atoms with Gasteiger partial charge in [0.05, 0.1) is 6.54 Å². The van der Waals surface area contributed by atoms with Crippen LogP contribution < -0.4 is 11.1 Å². The van der Waals surface area contributed by atoms with Gasteiger partial charge >= 0.3 is 0 Å². The summed E-state index contributed by atoms with van der Waals surface area (Å²) in [5.74, 6) is -2.81. The van der Waals surface area contributed by atoms with Crippen molar-refractivity contribution in [1.29, 1.82) is 0 Å². The van der Waals surface area contributed by atoms with Crippen LogP contribution in [0.1, 0.15) is 6.42 Å². The molecule has 3 N–H and O–H groups in total. The highest BCUT2D eigenvalue weighted by molar-refractivity contribution is 7.89. The molecule has 1 aliphatic heterocycles. The minimum absolute atomic E-state index is 0.323. The van der Waals surface area contributed by atoms with Crippen molar-refractivity contribution in [2.24, 2.45) is 5.73 Å². The predicted octanol–water partition coefficient (Wildman–Crippen LogP) is -0.197. The van der Waals surface area contributed by atoms with Crippen LogP contribution in [0.4, 0.5) is 8.78 Å². The van der Waals surface area contributed by atoms with Gasteiger partial charge in [0.1, 0.15) is 16.5 Å². The maximum Gasteiger partial charge on any atom is 0.246 e. The Hall–Kier alpha value is -1.58. The molecule has 6 nitrogen and oxygen atoms in total. The van der Waals surface area contributed by atoms with Crippen molar-refractivity contribution in [2.75, 3.05) is 19.6 Å². The van der Waals surface area contributed by atoms with Crippen LogP contribution in [0.3, 0.4) is 0 Å². The van der Waals surface area contributed by atoms with E-state index in [0.29, 0.717) is 25.6 Å². The molecule has 1 aliphatic rings. The maximum absolute atomic E-state index is 13.7. The van der Waals surface area contributed by atoms with Crippen LogP contribution in [0, 0.1) is 11.6 Å². The number of sulfonamides is 1. The zero-order valence-corrected chi connectivity index (χ0v) is 11.9. The predicted molar refractivity (Wildman–Crippen MR) is 70.7 cm³/mol. The molecule has 1 fully saturated rings. The van der Waals surface area contributed by atoms with Gasteiger partial charge in [0.25, 0.3) is 0 Å². The Kier molecular flexibility index (Phi) is 4.55. The molecule has 1 heterocycles. The van der Waals surface area contributed by atoms with Gasteiger partial charge in [0, 0.05) is 12.6 Å². The van der Waals surface area contributed by atoms with Gasteiger partial charge in [-0.05, 0) is 31.2 Å². The molecule has 2 rings (SSSR count). The molecule has 1 unspecified atom stereocenters. The number of halogens is 2. The number of nitrogens with one attached hydrogen (secondary N) is 1. The summed E-state index contributed by atoms with van der Waals surface area (Å²) in [5, 5.41) is 2.95. The van der Waals surface area contributed by atoms with E-state index in [2.05, 4.69) is 5.32 Å². The van der Waals surface area contributed by atoms with Gasteiger partial charge in [-0.1, -0.05) is 0 Å². The standard InChI is InChI=1S/C12H15F2N3O3S/c13-8-1-2-10(14)11(5-8)21(19,20)17(7-12(15)18)9-3-4-16-6-9/h1-2,5,9,16H,3-4,6-7H2,(H2,15,18). The van der Waals surface area contributed by atoms with Crippen molar-refractivity contribution in [3.8, 4) is 0 Å². The summed E-state index contributed by atoms with van der Waals surface area (Å²) in [6, 6.07) is 1.63. The topological polar surface area (TPSA) is 92.5 Å². The summed E-state index contributed by atoms with van der Waals surface area (Å²) in [6.07, 6.45) is 0.462. The van der Waals surface area contributed by atoms with E-state index in [1.165, 1.54) is 0 Å². The molecule has 1 atom stereocenters. The lowest BCUT2D eigenvalue weighted by Crippen LogP contribution is -2.46. The highest BCUT2D eigenvalue weighted by Crippen LogP contribution is 2.24. The Morgan fingerprint density at radius 1 is 1.43 bits per heavy atom. The minimum atomic E-state index is -4.36. The van der Waals surface area contributed by atoms with Gasteiger partial charge in [-0.25, -0.2) is 17.2 Å². The van der Waals surface area contributed by atoms with Crippen LogP contribution in [0.5, 0.6) is 0 Å². The smallest absolute Gasteiger partial charge is 0.246 e. The number of carbonyl (C=O) groups is 1. The number of rotatable bonds is 5. The summed E-state index contributed by atoms with van der Waals surface area (Å²) in [7, 11) is -4.36. The fourth-order valence-electron chi connectivity index (χ4n) is 2.25. The Labute approximate surface area is 121 Å². The lowest BCUT2D eigenvalue weighted by Gasteiger charge is -2.26. The van der Waals surface area contributed by atoms with Crippen LogP contribution >= 0.6 is 0 Å². The van der Waals surface area contributed by atoms with E-state index < -0.39 is 45.0 Å². The fourth-order valence-corrected chi connectivity index (χ4v) is 3.95. The average Bonchev–Trinajstić information content (AvgIpc) is 2.92. The molecule has 0 spiro atoms. The first-order valence-electron chi connectivity index (χ1n) is 6.28. The number of nitrogens with two attached hydrogens (primary N) is 1. The van der Waals surface area contributed by atoms with Crippen molar-refractivity contribution in [2.45, 2.75) is 17.4 Å². The Bertz CT molecular complexity index is 645. The van der Waals surface area contributed by atoms with Crippen LogP contribution in [0.2, 0.25) is 0 Å². The molecule has 1 aromatic carbocycles. The number of benzene rings is 1. The SMILES string of the molecule is NC(=O)CN(C1CCNC1)S(=O)(=O)c1cc(F)ccc1F. The second-order valence-electron chi connectivity index (χ2n) is 4.74. The summed E-state index contributed by atoms with van der Waals surface area (Å²) in [6.45, 7) is 0.315. The second-order valence-corrected chi connectivity index (χ2v) is 6.60. The van der Waals surface area contributed by atoms with Crippen LogP contribution in [0.25, 0.3) is 0 Å². The number of carbonyl (C=O) groups excluding carboxylic acids is 1. The van der Waals surface area contributed by atoms with E-state index in [9.17, 15) is 22.0 Å². The van der Waals surface area contributed by atoms with Crippen LogP contribution in [-0.2, 0) is 14.8 Å². The average molecular weight is 319 g/mol. The molecule has 0 aliphatic carbocycles. The molecule has 1 aromatic rings. The molecule has 0 aromatic heterocycles. The molecule has 0 bridgehead atoms. The van der Waals surface area contributed by atoms with Gasteiger partial charge in [0.2, 0.25) is 15.9 Å². The third-order valence-electron chi connectivity index (χ3n) is 3.23. The molecule has 1 amide bonds. The molecule has 21 heavy (non-hydrogen) atoms. The van der Waals surface area contributed by atoms with Crippen molar-refractivity contribution in [3.05, 3.63) is 29.8 Å². The summed E-state index contributed by atoms with van der Waals surface area (Å²) in [5.41, 5.74) is 5.07. The maximum atomic E-state index is 13.7. The second kappa shape index (κ2) is 6.04. The highest BCUT2D eigenvalue weighted by Gasteiger charge is 2.36. The normalized spacial score (nSPS) is 19.1. The molecule has 0 radical (unpaired) electrons. The summed E-state index contributed by atoms with van der Waals surface area (Å²) in [4.78, 5) is 10.3. The zero-order chi connectivity index (χ0) is 15.6. The summed E-state index contributed by atoms with van der Waals surface area (Å²) < 4.78 is 52.8. The van der Waals surface area contributed by atoms with E-state index in [0.717, 1.165) is 16.4 Å². The number of primary amides is 1. The van der Waals surface area contributed by atoms with Crippen LogP contribution in [0.15, 0.2) is 23.1 Å². The first-order chi connectivity index (χ1) is 9.82. The molecular formula is C12H15F2N3O3S. The number of nitrogens with zero attached hydrogens (tertiary/aromatic N) is 1. The van der Waals surface area contributed by atoms with Crippen molar-refractivity contribution >= 4 is 15.9 Å². The van der Waals surface area contributed by atoms with Gasteiger partial charge < -0.3 is 11.1 Å². The first-order valence-corrected chi connectivity index (χ1v) is 7.72. The van der Waals surface area contributed by atoms with Gasteiger partial charge in [0.15, 0.2) is 0 Å². The fraction of sp³-hybridized carbons (Fsp3) is 0.417. The Morgan fingerprint density at radius 3 is 2.71 bits per heavy atom. The quantitative estimate of drug-likeness (QED) is 0.786. The van der Waals surface area contributed by atoms with E-state index in [-0.39, 0.29) is 0 Å². The third-order valence-corrected chi connectivity index (χ3v) is 5.15. The molecule has 9 heteroatoms. The molecule has 116 valence electrons. The van der Waals surface area contributed by atoms with Gasteiger partial charge in [-0.3, -0.25) is 4.79 Å². The molecular weight excluding hydrogens is 304 g/mol. The molecule has 1 saturated heterocycles. The van der Waals surface area contributed by atoms with Crippen molar-refractivity contribution in [3.63, 3.8) is 0 Å². The Balaban J connectivity index is 2.45. The lowest BCUT2D eigenvalue weighted by molar-refractivity contribution is -0.118. The number of hydrogen-bond donors (Lipinski definition) is 2. The zero-order valence-electron chi connectivity index (χ0n) is 11.1. The Morgan fingerprint density at radius 2 is 2.14 bits per heavy atom. The summed E-state index contributed by atoms with van der Waals surface area (Å²) >= 11 is 0. The van der Waals surface area contributed by atoms with Gasteiger partial charge in [-0.15, -0.1) is 0 Å². The van der Waals surface area contributed by atoms with E-state index >= 15 is 0 Å². The first kappa shape index (κ1) is 15.8. The van der Waals surface area contributed by atoms with E-state index in [4.69, 9.17) is 5.73 Å². The van der Waals surface area contributed by atoms with E-state index in [1.54, 1.807) is 0 Å². The van der Waals surface area contributed by atoms with E-state index in [1.807, 2.05) is 0 Å². The van der Waals surface area contributed by atoms with Gasteiger partial charge in [-0.2, -0.15) is 4.31 Å².